The van der Waals surface area contributed by atoms with Gasteiger partial charge in [0.05, 0.1) is 4.88 Å². The van der Waals surface area contributed by atoms with Crippen molar-refractivity contribution in [1.29, 1.82) is 0 Å². The van der Waals surface area contributed by atoms with E-state index in [0.717, 1.165) is 14.0 Å². The molecule has 27 heavy (non-hydrogen) atoms. The summed E-state index contributed by atoms with van der Waals surface area (Å²) >= 11 is 2.77. The molecule has 2 N–H and O–H groups in total. The van der Waals surface area contributed by atoms with Gasteiger partial charge >= 0.3 is 11.7 Å². The highest BCUT2D eigenvalue weighted by atomic mass is 32.1. The van der Waals surface area contributed by atoms with Crippen molar-refractivity contribution in [3.05, 3.63) is 55.0 Å². The Morgan fingerprint density at radius 1 is 1.22 bits per heavy atom. The van der Waals surface area contributed by atoms with E-state index >= 15 is 0 Å². The van der Waals surface area contributed by atoms with Crippen molar-refractivity contribution in [2.24, 2.45) is 14.1 Å². The first-order valence-electron chi connectivity index (χ1n) is 7.56. The number of aromatic nitrogens is 3. The van der Waals surface area contributed by atoms with Gasteiger partial charge < -0.3 is 10.5 Å². The molecule has 3 heterocycles. The van der Waals surface area contributed by atoms with Crippen LogP contribution in [-0.4, -0.2) is 32.5 Å². The van der Waals surface area contributed by atoms with E-state index in [2.05, 4.69) is 4.98 Å². The average Bonchev–Trinajstić information content (AvgIpc) is 3.34. The fourth-order valence-corrected chi connectivity index (χ4v) is 3.88. The zero-order chi connectivity index (χ0) is 19.7. The highest BCUT2D eigenvalue weighted by molar-refractivity contribution is 7.20. The zero-order valence-corrected chi connectivity index (χ0v) is 15.9. The fourth-order valence-electron chi connectivity index (χ4n) is 2.28. The number of thiophene rings is 1. The molecule has 9 nitrogen and oxygen atoms in total. The summed E-state index contributed by atoms with van der Waals surface area (Å²) in [6, 6.07) is 3.75. The number of anilines is 1. The molecule has 3 rings (SSSR count). The minimum Gasteiger partial charge on any atom is -0.453 e. The van der Waals surface area contributed by atoms with Gasteiger partial charge in [-0.05, 0) is 11.4 Å². The van der Waals surface area contributed by atoms with Crippen LogP contribution < -0.4 is 17.0 Å². The maximum Gasteiger partial charge on any atom is 0.358 e. The van der Waals surface area contributed by atoms with E-state index in [1.807, 2.05) is 17.5 Å². The molecule has 0 aliphatic rings. The van der Waals surface area contributed by atoms with E-state index < -0.39 is 35.2 Å². The van der Waals surface area contributed by atoms with E-state index in [4.69, 9.17) is 10.5 Å². The second-order valence-corrected chi connectivity index (χ2v) is 7.29. The van der Waals surface area contributed by atoms with Gasteiger partial charge in [-0.3, -0.25) is 18.7 Å². The van der Waals surface area contributed by atoms with Crippen LogP contribution in [0, 0.1) is 0 Å². The maximum absolute atomic E-state index is 12.3. The van der Waals surface area contributed by atoms with Gasteiger partial charge in [0.1, 0.15) is 16.4 Å². The number of ketones is 1. The van der Waals surface area contributed by atoms with Gasteiger partial charge in [-0.2, -0.15) is 0 Å². The molecular formula is C16H14N4O5S2. The summed E-state index contributed by atoms with van der Waals surface area (Å²) in [7, 11) is 2.57. The topological polar surface area (TPSA) is 126 Å². The van der Waals surface area contributed by atoms with E-state index in [0.29, 0.717) is 5.01 Å². The molecule has 0 spiro atoms. The van der Waals surface area contributed by atoms with Crippen LogP contribution in [0.15, 0.2) is 32.5 Å². The van der Waals surface area contributed by atoms with Gasteiger partial charge in [-0.25, -0.2) is 14.6 Å². The molecular weight excluding hydrogens is 392 g/mol. The maximum atomic E-state index is 12.3. The number of rotatable bonds is 5. The van der Waals surface area contributed by atoms with Gasteiger partial charge in [-0.1, -0.05) is 6.07 Å². The molecule has 11 heteroatoms. The van der Waals surface area contributed by atoms with Crippen molar-refractivity contribution in [2.75, 3.05) is 12.3 Å². The van der Waals surface area contributed by atoms with Gasteiger partial charge in [0.15, 0.2) is 12.3 Å². The van der Waals surface area contributed by atoms with Crippen LogP contribution in [0.3, 0.4) is 0 Å². The van der Waals surface area contributed by atoms with Crippen LogP contribution >= 0.6 is 22.7 Å². The number of carbonyl (C=O) groups excluding carboxylic acids is 2. The molecule has 0 saturated heterocycles. The Balaban J connectivity index is 1.76. The smallest absolute Gasteiger partial charge is 0.358 e. The zero-order valence-electron chi connectivity index (χ0n) is 14.3. The lowest BCUT2D eigenvalue weighted by Crippen LogP contribution is -2.42. The highest BCUT2D eigenvalue weighted by Crippen LogP contribution is 2.27. The lowest BCUT2D eigenvalue weighted by atomic mass is 10.2. The summed E-state index contributed by atoms with van der Waals surface area (Å²) in [5, 5.41) is 4.09. The number of thiazole rings is 1. The highest BCUT2D eigenvalue weighted by Gasteiger charge is 2.22. The summed E-state index contributed by atoms with van der Waals surface area (Å²) in [4.78, 5) is 53.5. The number of nitrogen functional groups attached to an aromatic ring is 1. The lowest BCUT2D eigenvalue weighted by Gasteiger charge is -2.10. The molecule has 140 valence electrons. The molecule has 0 aliphatic carbocycles. The molecule has 0 atom stereocenters. The molecule has 0 aromatic carbocycles. The molecule has 0 fully saturated rings. The standard InChI is InChI=1S/C16H14N4O5S2/c1-19-12(17)11(14(22)20(2)16(19)24)9(21)6-25-15(23)8-7-27-13(18-8)10-4-3-5-26-10/h3-5,7H,6,17H2,1-2H3. The van der Waals surface area contributed by atoms with E-state index in [1.165, 1.54) is 42.1 Å². The van der Waals surface area contributed by atoms with Crippen LogP contribution in [0.25, 0.3) is 9.88 Å². The lowest BCUT2D eigenvalue weighted by molar-refractivity contribution is 0.0469. The molecule has 3 aromatic rings. The van der Waals surface area contributed by atoms with Crippen LogP contribution in [0.5, 0.6) is 0 Å². The van der Waals surface area contributed by atoms with Crippen molar-refractivity contribution in [3.63, 3.8) is 0 Å². The van der Waals surface area contributed by atoms with Gasteiger partial charge in [0.25, 0.3) is 5.56 Å². The normalized spacial score (nSPS) is 10.7. The molecule has 0 bridgehead atoms. The molecule has 3 aromatic heterocycles. The van der Waals surface area contributed by atoms with Crippen LogP contribution in [0.4, 0.5) is 5.82 Å². The van der Waals surface area contributed by atoms with E-state index in [-0.39, 0.29) is 11.5 Å². The van der Waals surface area contributed by atoms with Crippen LogP contribution in [-0.2, 0) is 18.8 Å². The molecule has 0 aliphatic heterocycles. The average molecular weight is 406 g/mol. The summed E-state index contributed by atoms with van der Waals surface area (Å²) in [5.74, 6) is -1.87. The third-order valence-electron chi connectivity index (χ3n) is 3.77. The molecule has 0 unspecified atom stereocenters. The number of hydrogen-bond donors (Lipinski definition) is 1. The van der Waals surface area contributed by atoms with Gasteiger partial charge in [-0.15, -0.1) is 22.7 Å². The summed E-state index contributed by atoms with van der Waals surface area (Å²) < 4.78 is 6.70. The first-order valence-corrected chi connectivity index (χ1v) is 9.32. The number of Topliss-reactive ketones (excluding diaryl/α,β-unsaturated/α-hetero) is 1. The van der Waals surface area contributed by atoms with E-state index in [1.54, 1.807) is 0 Å². The Morgan fingerprint density at radius 3 is 2.63 bits per heavy atom. The van der Waals surface area contributed by atoms with Crippen molar-refractivity contribution in [1.82, 2.24) is 14.1 Å². The third kappa shape index (κ3) is 3.46. The summed E-state index contributed by atoms with van der Waals surface area (Å²) in [6.45, 7) is -0.692. The number of nitrogens with zero attached hydrogens (tertiary/aromatic N) is 3. The number of ether oxygens (including phenoxy) is 1. The number of hydrogen-bond acceptors (Lipinski definition) is 9. The summed E-state index contributed by atoms with van der Waals surface area (Å²) in [6.07, 6.45) is 0. The predicted molar refractivity (Wildman–Crippen MR) is 101 cm³/mol. The van der Waals surface area contributed by atoms with Gasteiger partial charge in [0, 0.05) is 19.5 Å². The van der Waals surface area contributed by atoms with Crippen molar-refractivity contribution in [2.45, 2.75) is 0 Å². The quantitative estimate of drug-likeness (QED) is 0.492. The second kappa shape index (κ2) is 7.29. The van der Waals surface area contributed by atoms with Crippen molar-refractivity contribution in [3.8, 4) is 9.88 Å². The minimum absolute atomic E-state index is 0.0672. The van der Waals surface area contributed by atoms with Gasteiger partial charge in [0.2, 0.25) is 5.78 Å². The van der Waals surface area contributed by atoms with E-state index in [9.17, 15) is 19.2 Å². The Labute approximate surface area is 160 Å². The predicted octanol–water partition coefficient (Wildman–Crippen LogP) is 0.891. The van der Waals surface area contributed by atoms with Crippen LogP contribution in [0.1, 0.15) is 20.8 Å². The molecule has 0 amide bonds. The fraction of sp³-hybridized carbons (Fsp3) is 0.188. The Kier molecular flexibility index (Phi) is 5.06. The number of esters is 1. The number of nitrogens with two attached hydrogens (primary N) is 1. The minimum atomic E-state index is -0.842. The Morgan fingerprint density at radius 2 is 1.96 bits per heavy atom. The van der Waals surface area contributed by atoms with Crippen molar-refractivity contribution >= 4 is 40.2 Å². The second-order valence-electron chi connectivity index (χ2n) is 5.48. The van der Waals surface area contributed by atoms with Crippen molar-refractivity contribution < 1.29 is 14.3 Å². The largest absolute Gasteiger partial charge is 0.453 e. The first-order chi connectivity index (χ1) is 12.8. The molecule has 0 radical (unpaired) electrons. The SMILES string of the molecule is Cn1c(N)c(C(=O)COC(=O)c2csc(-c3cccs3)n2)c(=O)n(C)c1=O. The summed E-state index contributed by atoms with van der Waals surface area (Å²) in [5.41, 5.74) is 3.88. The Hall–Kier alpha value is -3.05. The Bertz CT molecular complexity index is 1140. The van der Waals surface area contributed by atoms with Crippen LogP contribution in [0.2, 0.25) is 0 Å². The number of carbonyl (C=O) groups is 2. The third-order valence-corrected chi connectivity index (χ3v) is 5.65. The molecule has 0 saturated carbocycles. The first kappa shape index (κ1) is 18.7. The monoisotopic (exact) mass is 406 g/mol.